The van der Waals surface area contributed by atoms with Gasteiger partial charge in [0.1, 0.15) is 12.4 Å². The fraction of sp³-hybridized carbons (Fsp3) is 0.167. The van der Waals surface area contributed by atoms with Crippen LogP contribution in [-0.2, 0) is 17.8 Å². The van der Waals surface area contributed by atoms with E-state index < -0.39 is 0 Å². The first-order valence-electron chi connectivity index (χ1n) is 9.58. The van der Waals surface area contributed by atoms with E-state index in [1.807, 2.05) is 54.6 Å². The number of ether oxygens (including phenoxy) is 3. The Hall–Kier alpha value is -3.51. The Bertz CT molecular complexity index is 1050. The molecule has 0 spiro atoms. The zero-order valence-electron chi connectivity index (χ0n) is 17.3. The number of hydrogen-bond acceptors (Lipinski definition) is 5. The van der Waals surface area contributed by atoms with Crippen molar-refractivity contribution in [2.45, 2.75) is 13.0 Å². The van der Waals surface area contributed by atoms with Gasteiger partial charge in [0.25, 0.3) is 0 Å². The molecule has 0 radical (unpaired) electrons. The lowest BCUT2D eigenvalue weighted by molar-refractivity contribution is -0.120. The summed E-state index contributed by atoms with van der Waals surface area (Å²) in [5.41, 5.74) is 5.08. The van der Waals surface area contributed by atoms with Gasteiger partial charge in [-0.1, -0.05) is 35.9 Å². The second kappa shape index (κ2) is 11.0. The third kappa shape index (κ3) is 6.49. The first-order chi connectivity index (χ1) is 15.1. The van der Waals surface area contributed by atoms with Gasteiger partial charge >= 0.3 is 0 Å². The lowest BCUT2D eigenvalue weighted by Gasteiger charge is -2.09. The molecule has 3 rings (SSSR count). The largest absolute Gasteiger partial charge is 0.493 e. The van der Waals surface area contributed by atoms with E-state index in [0.29, 0.717) is 23.1 Å². The van der Waals surface area contributed by atoms with Crippen LogP contribution in [0.5, 0.6) is 17.2 Å². The van der Waals surface area contributed by atoms with E-state index in [9.17, 15) is 4.79 Å². The van der Waals surface area contributed by atoms with Crippen LogP contribution in [0, 0.1) is 0 Å². The highest BCUT2D eigenvalue weighted by atomic mass is 35.5. The van der Waals surface area contributed by atoms with Crippen LogP contribution in [0.1, 0.15) is 16.7 Å². The Morgan fingerprint density at radius 1 is 1.00 bits per heavy atom. The van der Waals surface area contributed by atoms with Crippen LogP contribution >= 0.6 is 11.6 Å². The van der Waals surface area contributed by atoms with Gasteiger partial charge in [0, 0.05) is 10.6 Å². The third-order valence-corrected chi connectivity index (χ3v) is 4.82. The van der Waals surface area contributed by atoms with Crippen LogP contribution in [0.25, 0.3) is 0 Å². The van der Waals surface area contributed by atoms with Crippen LogP contribution in [0.2, 0.25) is 5.02 Å². The standard InChI is InChI=1S/C24H23ClN2O4/c1-29-22-12-9-18(13-23(22)30-2)14-24(28)27-26-15-17-7-10-20(11-8-17)31-16-19-5-3-4-6-21(19)25/h3-13,15H,14,16H2,1-2H3,(H,27,28)/b26-15+. The van der Waals surface area contributed by atoms with Gasteiger partial charge in [-0.15, -0.1) is 0 Å². The maximum absolute atomic E-state index is 12.1. The number of hydrogen-bond donors (Lipinski definition) is 1. The minimum atomic E-state index is -0.233. The van der Waals surface area contributed by atoms with Crippen LogP contribution in [-0.4, -0.2) is 26.3 Å². The molecule has 0 aromatic heterocycles. The van der Waals surface area contributed by atoms with E-state index >= 15 is 0 Å². The van der Waals surface area contributed by atoms with Crippen molar-refractivity contribution in [3.05, 3.63) is 88.4 Å². The topological polar surface area (TPSA) is 69.2 Å². The third-order valence-electron chi connectivity index (χ3n) is 4.45. The first kappa shape index (κ1) is 22.2. The summed E-state index contributed by atoms with van der Waals surface area (Å²) in [7, 11) is 3.12. The fourth-order valence-corrected chi connectivity index (χ4v) is 3.01. The average Bonchev–Trinajstić information content (AvgIpc) is 2.79. The second-order valence-corrected chi connectivity index (χ2v) is 7.02. The average molecular weight is 439 g/mol. The second-order valence-electron chi connectivity index (χ2n) is 6.61. The minimum Gasteiger partial charge on any atom is -0.493 e. The molecule has 1 amide bonds. The van der Waals surface area contributed by atoms with Gasteiger partial charge in [-0.3, -0.25) is 4.79 Å². The monoisotopic (exact) mass is 438 g/mol. The van der Waals surface area contributed by atoms with Crippen molar-refractivity contribution in [1.82, 2.24) is 5.43 Å². The molecule has 0 aliphatic heterocycles. The van der Waals surface area contributed by atoms with Gasteiger partial charge < -0.3 is 14.2 Å². The SMILES string of the molecule is COc1ccc(CC(=O)N/N=C/c2ccc(OCc3ccccc3Cl)cc2)cc1OC. The fourth-order valence-electron chi connectivity index (χ4n) is 2.82. The molecule has 0 heterocycles. The zero-order chi connectivity index (χ0) is 22.1. The summed E-state index contributed by atoms with van der Waals surface area (Å²) >= 11 is 6.13. The molecule has 160 valence electrons. The number of nitrogens with one attached hydrogen (secondary N) is 1. The van der Waals surface area contributed by atoms with Gasteiger partial charge in [-0.05, 0) is 53.6 Å². The molecule has 0 aliphatic rings. The molecule has 0 unspecified atom stereocenters. The van der Waals surface area contributed by atoms with Crippen molar-refractivity contribution in [1.29, 1.82) is 0 Å². The molecule has 31 heavy (non-hydrogen) atoms. The number of halogens is 1. The highest BCUT2D eigenvalue weighted by molar-refractivity contribution is 6.31. The van der Waals surface area contributed by atoms with Crippen LogP contribution in [0.4, 0.5) is 0 Å². The Morgan fingerprint density at radius 2 is 1.74 bits per heavy atom. The minimum absolute atomic E-state index is 0.173. The summed E-state index contributed by atoms with van der Waals surface area (Å²) in [6.45, 7) is 0.388. The lowest BCUT2D eigenvalue weighted by Crippen LogP contribution is -2.19. The maximum atomic E-state index is 12.1. The molecular weight excluding hydrogens is 416 g/mol. The Balaban J connectivity index is 1.49. The summed E-state index contributed by atoms with van der Waals surface area (Å²) < 4.78 is 16.2. The Kier molecular flexibility index (Phi) is 7.90. The van der Waals surface area contributed by atoms with E-state index in [0.717, 1.165) is 22.4 Å². The smallest absolute Gasteiger partial charge is 0.244 e. The van der Waals surface area contributed by atoms with Crippen molar-refractivity contribution < 1.29 is 19.0 Å². The Morgan fingerprint density at radius 3 is 2.45 bits per heavy atom. The first-order valence-corrected chi connectivity index (χ1v) is 9.96. The summed E-state index contributed by atoms with van der Waals surface area (Å²) in [5.74, 6) is 1.68. The van der Waals surface area contributed by atoms with Crippen molar-refractivity contribution in [2.75, 3.05) is 14.2 Å². The molecular formula is C24H23ClN2O4. The van der Waals surface area contributed by atoms with Gasteiger partial charge in [-0.25, -0.2) is 5.43 Å². The van der Waals surface area contributed by atoms with Crippen LogP contribution < -0.4 is 19.6 Å². The molecule has 0 fully saturated rings. The van der Waals surface area contributed by atoms with Gasteiger partial charge in [-0.2, -0.15) is 5.10 Å². The molecule has 6 nitrogen and oxygen atoms in total. The van der Waals surface area contributed by atoms with Crippen LogP contribution in [0.15, 0.2) is 71.8 Å². The van der Waals surface area contributed by atoms with Crippen LogP contribution in [0.3, 0.4) is 0 Å². The molecule has 0 saturated heterocycles. The van der Waals surface area contributed by atoms with Gasteiger partial charge in [0.05, 0.1) is 26.9 Å². The number of rotatable bonds is 9. The molecule has 0 bridgehead atoms. The number of carbonyl (C=O) groups excluding carboxylic acids is 1. The van der Waals surface area contributed by atoms with Crippen molar-refractivity contribution in [2.24, 2.45) is 5.10 Å². The summed E-state index contributed by atoms with van der Waals surface area (Å²) in [4.78, 5) is 12.1. The van der Waals surface area contributed by atoms with Gasteiger partial charge in [0.2, 0.25) is 5.91 Å². The number of carbonyl (C=O) groups is 1. The van der Waals surface area contributed by atoms with E-state index in [1.165, 1.54) is 0 Å². The predicted octanol–water partition coefficient (Wildman–Crippen LogP) is 4.63. The lowest BCUT2D eigenvalue weighted by atomic mass is 10.1. The number of hydrazone groups is 1. The molecule has 1 N–H and O–H groups in total. The van der Waals surface area contributed by atoms with E-state index in [4.69, 9.17) is 25.8 Å². The number of benzene rings is 3. The number of methoxy groups -OCH3 is 2. The van der Waals surface area contributed by atoms with Crippen molar-refractivity contribution >= 4 is 23.7 Å². The molecule has 7 heteroatoms. The van der Waals surface area contributed by atoms with Crippen molar-refractivity contribution in [3.8, 4) is 17.2 Å². The quantitative estimate of drug-likeness (QED) is 0.390. The molecule has 0 aliphatic carbocycles. The highest BCUT2D eigenvalue weighted by Crippen LogP contribution is 2.27. The predicted molar refractivity (Wildman–Crippen MR) is 121 cm³/mol. The van der Waals surface area contributed by atoms with E-state index in [-0.39, 0.29) is 12.3 Å². The van der Waals surface area contributed by atoms with Crippen molar-refractivity contribution in [3.63, 3.8) is 0 Å². The summed E-state index contributed by atoms with van der Waals surface area (Å²) in [6.07, 6.45) is 1.75. The molecule has 0 atom stereocenters. The summed E-state index contributed by atoms with van der Waals surface area (Å²) in [5, 5.41) is 4.69. The zero-order valence-corrected chi connectivity index (χ0v) is 18.1. The molecule has 3 aromatic rings. The molecule has 0 saturated carbocycles. The van der Waals surface area contributed by atoms with E-state index in [2.05, 4.69) is 10.5 Å². The maximum Gasteiger partial charge on any atom is 0.244 e. The highest BCUT2D eigenvalue weighted by Gasteiger charge is 2.08. The molecule has 3 aromatic carbocycles. The normalized spacial score (nSPS) is 10.7. The summed E-state index contributed by atoms with van der Waals surface area (Å²) in [6, 6.07) is 20.3. The van der Waals surface area contributed by atoms with E-state index in [1.54, 1.807) is 32.6 Å². The van der Waals surface area contributed by atoms with Gasteiger partial charge in [0.15, 0.2) is 11.5 Å². The Labute approximate surface area is 186 Å². The number of nitrogens with zero attached hydrogens (tertiary/aromatic N) is 1. The number of amides is 1.